The highest BCUT2D eigenvalue weighted by Crippen LogP contribution is 2.45. The first-order valence-electron chi connectivity index (χ1n) is 8.05. The number of carbonyl (C=O) groups is 3. The molecule has 0 saturated carbocycles. The van der Waals surface area contributed by atoms with Crippen LogP contribution in [0.3, 0.4) is 0 Å². The molecule has 4 nitrogen and oxygen atoms in total. The summed E-state index contributed by atoms with van der Waals surface area (Å²) in [6.07, 6.45) is 1.82. The Hall–Kier alpha value is -2.75. The van der Waals surface area contributed by atoms with Crippen LogP contribution < -0.4 is 0 Å². The van der Waals surface area contributed by atoms with E-state index in [1.807, 2.05) is 0 Å². The van der Waals surface area contributed by atoms with Crippen molar-refractivity contribution >= 4 is 17.3 Å². The molecule has 0 fully saturated rings. The van der Waals surface area contributed by atoms with E-state index < -0.39 is 0 Å². The Balaban J connectivity index is 2.00. The summed E-state index contributed by atoms with van der Waals surface area (Å²) in [4.78, 5) is 37.5. The maximum Gasteiger partial charge on any atom is 0.198 e. The first-order chi connectivity index (χ1) is 11.5. The van der Waals surface area contributed by atoms with Gasteiger partial charge in [-0.3, -0.25) is 9.59 Å². The first-order valence-corrected chi connectivity index (χ1v) is 8.05. The molecule has 4 rings (SSSR count). The second kappa shape index (κ2) is 5.13. The highest BCUT2D eigenvalue weighted by molar-refractivity contribution is 6.30. The van der Waals surface area contributed by atoms with Crippen LogP contribution >= 0.6 is 0 Å². The fraction of sp³-hybridized carbons (Fsp3) is 0.250. The second-order valence-electron chi connectivity index (χ2n) is 6.56. The molecule has 2 aliphatic rings. The fourth-order valence-electron chi connectivity index (χ4n) is 4.05. The van der Waals surface area contributed by atoms with Crippen molar-refractivity contribution in [3.05, 3.63) is 63.7 Å². The number of benzene rings is 2. The summed E-state index contributed by atoms with van der Waals surface area (Å²) in [6, 6.07) is 8.28. The predicted molar refractivity (Wildman–Crippen MR) is 87.8 cm³/mol. The quantitative estimate of drug-likeness (QED) is 0.787. The number of phenols is 1. The molecule has 1 unspecified atom stereocenters. The molecule has 4 heteroatoms. The highest BCUT2D eigenvalue weighted by Gasteiger charge is 2.38. The van der Waals surface area contributed by atoms with Crippen molar-refractivity contribution in [2.24, 2.45) is 0 Å². The number of phenolic OH excluding ortho intramolecular Hbond substituents is 1. The third-order valence-electron chi connectivity index (χ3n) is 5.01. The smallest absolute Gasteiger partial charge is 0.198 e. The van der Waals surface area contributed by atoms with Gasteiger partial charge in [0.15, 0.2) is 11.6 Å². The van der Waals surface area contributed by atoms with E-state index in [9.17, 15) is 19.5 Å². The minimum atomic E-state index is -0.325. The van der Waals surface area contributed by atoms with Crippen LogP contribution in [0.1, 0.15) is 68.7 Å². The van der Waals surface area contributed by atoms with Crippen molar-refractivity contribution in [2.75, 3.05) is 0 Å². The molecule has 1 atom stereocenters. The number of aromatic hydroxyl groups is 1. The number of rotatable bonds is 2. The van der Waals surface area contributed by atoms with E-state index in [-0.39, 0.29) is 34.6 Å². The average molecular weight is 320 g/mol. The lowest BCUT2D eigenvalue weighted by molar-refractivity contribution is -0.117. The Morgan fingerprint density at radius 1 is 1.12 bits per heavy atom. The molecule has 0 aromatic heterocycles. The average Bonchev–Trinajstić information content (AvgIpc) is 2.93. The zero-order chi connectivity index (χ0) is 17.0. The Morgan fingerprint density at radius 3 is 2.38 bits per heavy atom. The molecule has 0 amide bonds. The van der Waals surface area contributed by atoms with Crippen LogP contribution in [-0.2, 0) is 11.2 Å². The minimum Gasteiger partial charge on any atom is -0.507 e. The Bertz CT molecular complexity index is 923. The van der Waals surface area contributed by atoms with Gasteiger partial charge >= 0.3 is 0 Å². The number of aryl methyl sites for hydroxylation is 1. The number of fused-ring (bicyclic) bond motifs is 4. The van der Waals surface area contributed by atoms with Gasteiger partial charge in [-0.25, -0.2) is 0 Å². The van der Waals surface area contributed by atoms with E-state index in [0.29, 0.717) is 29.5 Å². The fourth-order valence-corrected chi connectivity index (χ4v) is 4.05. The molecule has 0 heterocycles. The predicted octanol–water partition coefficient (Wildman–Crippen LogP) is 3.18. The number of ketones is 3. The molecule has 1 N–H and O–H groups in total. The van der Waals surface area contributed by atoms with E-state index in [1.54, 1.807) is 30.3 Å². The summed E-state index contributed by atoms with van der Waals surface area (Å²) in [6.45, 7) is 1.53. The van der Waals surface area contributed by atoms with Crippen molar-refractivity contribution in [3.8, 4) is 5.75 Å². The summed E-state index contributed by atoms with van der Waals surface area (Å²) in [5.41, 5.74) is 2.75. The maximum absolute atomic E-state index is 13.0. The number of Topliss-reactive ketones (excluding diaryl/α,β-unsaturated/α-hetero) is 1. The molecule has 2 aromatic rings. The SMILES string of the molecule is CC(=O)CC1CCc2cc(O)c3c(c21)C(=O)c1ccccc1C3=O. The number of hydrogen-bond donors (Lipinski definition) is 1. The first kappa shape index (κ1) is 14.8. The van der Waals surface area contributed by atoms with Gasteiger partial charge < -0.3 is 9.90 Å². The summed E-state index contributed by atoms with van der Waals surface area (Å²) >= 11 is 0. The van der Waals surface area contributed by atoms with Crippen molar-refractivity contribution in [1.82, 2.24) is 0 Å². The van der Waals surface area contributed by atoms with Crippen molar-refractivity contribution < 1.29 is 19.5 Å². The normalized spacial score (nSPS) is 18.1. The van der Waals surface area contributed by atoms with Gasteiger partial charge in [0.1, 0.15) is 11.5 Å². The van der Waals surface area contributed by atoms with Crippen LogP contribution in [0, 0.1) is 0 Å². The monoisotopic (exact) mass is 320 g/mol. The summed E-state index contributed by atoms with van der Waals surface area (Å²) in [5, 5.41) is 10.4. The highest BCUT2D eigenvalue weighted by atomic mass is 16.3. The van der Waals surface area contributed by atoms with E-state index in [4.69, 9.17) is 0 Å². The Kier molecular flexibility index (Phi) is 3.17. The lowest BCUT2D eigenvalue weighted by atomic mass is 9.78. The van der Waals surface area contributed by atoms with E-state index in [2.05, 4.69) is 0 Å². The largest absolute Gasteiger partial charge is 0.507 e. The van der Waals surface area contributed by atoms with Crippen LogP contribution in [0.2, 0.25) is 0 Å². The molecule has 120 valence electrons. The molecule has 2 aromatic carbocycles. The summed E-state index contributed by atoms with van der Waals surface area (Å²) in [7, 11) is 0. The summed E-state index contributed by atoms with van der Waals surface area (Å²) < 4.78 is 0. The molecule has 2 aliphatic carbocycles. The zero-order valence-electron chi connectivity index (χ0n) is 13.3. The van der Waals surface area contributed by atoms with E-state index in [1.165, 1.54) is 6.92 Å². The molecule has 0 radical (unpaired) electrons. The second-order valence-corrected chi connectivity index (χ2v) is 6.56. The van der Waals surface area contributed by atoms with Crippen LogP contribution in [0.15, 0.2) is 30.3 Å². The molecule has 0 saturated heterocycles. The van der Waals surface area contributed by atoms with Crippen LogP contribution in [0.25, 0.3) is 0 Å². The van der Waals surface area contributed by atoms with E-state index in [0.717, 1.165) is 17.5 Å². The number of carbonyl (C=O) groups excluding carboxylic acids is 3. The third-order valence-corrected chi connectivity index (χ3v) is 5.01. The van der Waals surface area contributed by atoms with Gasteiger partial charge in [-0.15, -0.1) is 0 Å². The molecule has 24 heavy (non-hydrogen) atoms. The minimum absolute atomic E-state index is 0.0599. The van der Waals surface area contributed by atoms with E-state index >= 15 is 0 Å². The van der Waals surface area contributed by atoms with Crippen molar-refractivity contribution in [3.63, 3.8) is 0 Å². The lowest BCUT2D eigenvalue weighted by Crippen LogP contribution is -2.23. The van der Waals surface area contributed by atoms with Crippen molar-refractivity contribution in [2.45, 2.75) is 32.1 Å². The molecular formula is C20H16O4. The third kappa shape index (κ3) is 1.96. The van der Waals surface area contributed by atoms with Crippen LogP contribution in [0.5, 0.6) is 5.75 Å². The zero-order valence-corrected chi connectivity index (χ0v) is 13.3. The van der Waals surface area contributed by atoms with Gasteiger partial charge in [0.05, 0.1) is 5.56 Å². The van der Waals surface area contributed by atoms with Crippen molar-refractivity contribution in [1.29, 1.82) is 0 Å². The van der Waals surface area contributed by atoms with Gasteiger partial charge in [0, 0.05) is 23.1 Å². The Morgan fingerprint density at radius 2 is 1.75 bits per heavy atom. The summed E-state index contributed by atoms with van der Waals surface area (Å²) in [5.74, 6) is -0.699. The topological polar surface area (TPSA) is 71.4 Å². The van der Waals surface area contributed by atoms with Crippen LogP contribution in [0.4, 0.5) is 0 Å². The standard InChI is InChI=1S/C20H16O4/c1-10(21)8-11-6-7-12-9-15(22)17-18(16(11)12)20(24)14-5-3-2-4-13(14)19(17)23/h2-5,9,11,22H,6-8H2,1H3. The van der Waals surface area contributed by atoms with Gasteiger partial charge in [-0.05, 0) is 42.9 Å². The molecular weight excluding hydrogens is 304 g/mol. The van der Waals surface area contributed by atoms with Gasteiger partial charge in [0.25, 0.3) is 0 Å². The molecule has 0 spiro atoms. The lowest BCUT2D eigenvalue weighted by Gasteiger charge is -2.23. The van der Waals surface area contributed by atoms with Gasteiger partial charge in [0.2, 0.25) is 0 Å². The van der Waals surface area contributed by atoms with Gasteiger partial charge in [-0.1, -0.05) is 24.3 Å². The maximum atomic E-state index is 13.0. The molecule has 0 bridgehead atoms. The van der Waals surface area contributed by atoms with Gasteiger partial charge in [-0.2, -0.15) is 0 Å². The van der Waals surface area contributed by atoms with Crippen LogP contribution in [-0.4, -0.2) is 22.5 Å². The Labute approximate surface area is 139 Å². The number of hydrogen-bond acceptors (Lipinski definition) is 4. The molecule has 0 aliphatic heterocycles.